The van der Waals surface area contributed by atoms with E-state index in [-0.39, 0.29) is 0 Å². The van der Waals surface area contributed by atoms with Crippen LogP contribution in [0.25, 0.3) is 0 Å². The Morgan fingerprint density at radius 1 is 1.10 bits per heavy atom. The number of nitrogens with one attached hydrogen (secondary N) is 1. The van der Waals surface area contributed by atoms with Crippen LogP contribution in [0, 0.1) is 0 Å². The molecule has 2 aromatic carbocycles. The molecule has 5 heteroatoms. The second-order valence-electron chi connectivity index (χ2n) is 4.62. The minimum atomic E-state index is 0.638. The van der Waals surface area contributed by atoms with Crippen molar-refractivity contribution >= 4 is 50.5 Å². The van der Waals surface area contributed by atoms with E-state index in [0.717, 1.165) is 31.5 Å². The van der Waals surface area contributed by atoms with Crippen molar-refractivity contribution in [3.05, 3.63) is 56.5 Å². The molecule has 2 nitrogen and oxygen atoms in total. The Labute approximate surface area is 137 Å². The number of nitrogens with zero attached hydrogens (tertiary/aromatic N) is 1. The van der Waals surface area contributed by atoms with Crippen molar-refractivity contribution in [1.82, 2.24) is 0 Å². The van der Waals surface area contributed by atoms with Crippen LogP contribution in [0.5, 0.6) is 0 Å². The standard InChI is InChI=1S/C15H15BrCl2N2/c1-20(2)15-13(18)4-3-5-14(15)19-9-10-8-11(16)6-7-12(10)17/h3-8,19H,9H2,1-2H3. The number of para-hydroxylation sites is 1. The fourth-order valence-corrected chi connectivity index (χ4v) is 2.92. The summed E-state index contributed by atoms with van der Waals surface area (Å²) < 4.78 is 1.01. The van der Waals surface area contributed by atoms with Crippen LogP contribution in [0.1, 0.15) is 5.56 Å². The molecule has 0 unspecified atom stereocenters. The van der Waals surface area contributed by atoms with Gasteiger partial charge in [0, 0.05) is 30.1 Å². The van der Waals surface area contributed by atoms with Gasteiger partial charge in [-0.05, 0) is 35.9 Å². The summed E-state index contributed by atoms with van der Waals surface area (Å²) in [5, 5.41) is 4.86. The van der Waals surface area contributed by atoms with Gasteiger partial charge in [0.1, 0.15) is 0 Å². The van der Waals surface area contributed by atoms with Crippen LogP contribution in [0.3, 0.4) is 0 Å². The van der Waals surface area contributed by atoms with E-state index in [1.807, 2.05) is 55.4 Å². The van der Waals surface area contributed by atoms with E-state index < -0.39 is 0 Å². The zero-order valence-corrected chi connectivity index (χ0v) is 14.4. The molecule has 0 saturated carbocycles. The van der Waals surface area contributed by atoms with E-state index in [0.29, 0.717) is 6.54 Å². The van der Waals surface area contributed by atoms with Crippen molar-refractivity contribution in [3.8, 4) is 0 Å². The first-order chi connectivity index (χ1) is 9.49. The maximum Gasteiger partial charge on any atom is 0.0786 e. The number of halogens is 3. The largest absolute Gasteiger partial charge is 0.379 e. The summed E-state index contributed by atoms with van der Waals surface area (Å²) in [6, 6.07) is 11.6. The third-order valence-corrected chi connectivity index (χ3v) is 4.08. The van der Waals surface area contributed by atoms with E-state index in [4.69, 9.17) is 23.2 Å². The second kappa shape index (κ2) is 6.70. The normalized spacial score (nSPS) is 10.4. The highest BCUT2D eigenvalue weighted by Gasteiger charge is 2.09. The molecule has 0 aromatic heterocycles. The molecule has 0 radical (unpaired) electrons. The molecule has 20 heavy (non-hydrogen) atoms. The van der Waals surface area contributed by atoms with Gasteiger partial charge in [0.05, 0.1) is 16.4 Å². The van der Waals surface area contributed by atoms with E-state index in [1.165, 1.54) is 0 Å². The molecule has 0 bridgehead atoms. The van der Waals surface area contributed by atoms with Crippen LogP contribution in [0.15, 0.2) is 40.9 Å². The predicted molar refractivity (Wildman–Crippen MR) is 92.3 cm³/mol. The SMILES string of the molecule is CN(C)c1c(Cl)cccc1NCc1cc(Br)ccc1Cl. The van der Waals surface area contributed by atoms with Crippen molar-refractivity contribution in [2.75, 3.05) is 24.3 Å². The number of hydrogen-bond acceptors (Lipinski definition) is 2. The number of hydrogen-bond donors (Lipinski definition) is 1. The van der Waals surface area contributed by atoms with Crippen LogP contribution in [-0.4, -0.2) is 14.1 Å². The molecule has 0 amide bonds. The minimum absolute atomic E-state index is 0.638. The summed E-state index contributed by atoms with van der Waals surface area (Å²) in [5.41, 5.74) is 2.99. The fraction of sp³-hybridized carbons (Fsp3) is 0.200. The van der Waals surface area contributed by atoms with Crippen LogP contribution in [0.4, 0.5) is 11.4 Å². The third kappa shape index (κ3) is 3.60. The second-order valence-corrected chi connectivity index (χ2v) is 6.35. The number of anilines is 2. The average molecular weight is 374 g/mol. The molecule has 2 aromatic rings. The smallest absolute Gasteiger partial charge is 0.0786 e. The summed E-state index contributed by atoms with van der Waals surface area (Å²) in [6.07, 6.45) is 0. The molecule has 106 valence electrons. The Kier molecular flexibility index (Phi) is 5.19. The lowest BCUT2D eigenvalue weighted by atomic mass is 10.2. The Hall–Kier alpha value is -0.900. The van der Waals surface area contributed by atoms with Crippen LogP contribution in [-0.2, 0) is 6.54 Å². The maximum absolute atomic E-state index is 6.25. The maximum atomic E-state index is 6.25. The lowest BCUT2D eigenvalue weighted by Crippen LogP contribution is -2.13. The molecule has 0 aliphatic heterocycles. The Morgan fingerprint density at radius 2 is 1.85 bits per heavy atom. The predicted octanol–water partition coefficient (Wildman–Crippen LogP) is 5.43. The average Bonchev–Trinajstić information content (AvgIpc) is 2.39. The molecular formula is C15H15BrCl2N2. The molecule has 0 atom stereocenters. The summed E-state index contributed by atoms with van der Waals surface area (Å²) in [6.45, 7) is 0.638. The monoisotopic (exact) mass is 372 g/mol. The van der Waals surface area contributed by atoms with Crippen molar-refractivity contribution in [2.24, 2.45) is 0 Å². The van der Waals surface area contributed by atoms with Crippen molar-refractivity contribution in [1.29, 1.82) is 0 Å². The third-order valence-electron chi connectivity index (χ3n) is 2.91. The summed E-state index contributed by atoms with van der Waals surface area (Å²) in [4.78, 5) is 1.99. The topological polar surface area (TPSA) is 15.3 Å². The molecule has 0 spiro atoms. The highest BCUT2D eigenvalue weighted by molar-refractivity contribution is 9.10. The summed E-state index contributed by atoms with van der Waals surface area (Å²) in [5.74, 6) is 0. The van der Waals surface area contributed by atoms with E-state index in [1.54, 1.807) is 0 Å². The van der Waals surface area contributed by atoms with Gasteiger partial charge in [0.2, 0.25) is 0 Å². The van der Waals surface area contributed by atoms with Gasteiger partial charge in [-0.1, -0.05) is 45.2 Å². The molecular weight excluding hydrogens is 359 g/mol. The van der Waals surface area contributed by atoms with Gasteiger partial charge in [-0.2, -0.15) is 0 Å². The first-order valence-corrected chi connectivity index (χ1v) is 7.67. The molecule has 0 saturated heterocycles. The highest BCUT2D eigenvalue weighted by atomic mass is 79.9. The number of rotatable bonds is 4. The summed E-state index contributed by atoms with van der Waals surface area (Å²) in [7, 11) is 3.94. The molecule has 0 aliphatic rings. The molecule has 0 heterocycles. The van der Waals surface area contributed by atoms with E-state index >= 15 is 0 Å². The Morgan fingerprint density at radius 3 is 2.55 bits per heavy atom. The van der Waals surface area contributed by atoms with Gasteiger partial charge in [-0.25, -0.2) is 0 Å². The van der Waals surface area contributed by atoms with Gasteiger partial charge in [0.15, 0.2) is 0 Å². The zero-order valence-electron chi connectivity index (χ0n) is 11.3. The quantitative estimate of drug-likeness (QED) is 0.768. The molecule has 0 fully saturated rings. The van der Waals surface area contributed by atoms with Crippen molar-refractivity contribution in [3.63, 3.8) is 0 Å². The van der Waals surface area contributed by atoms with Crippen molar-refractivity contribution < 1.29 is 0 Å². The van der Waals surface area contributed by atoms with Crippen LogP contribution in [0.2, 0.25) is 10.0 Å². The van der Waals surface area contributed by atoms with Gasteiger partial charge in [-0.3, -0.25) is 0 Å². The van der Waals surface area contributed by atoms with Crippen LogP contribution < -0.4 is 10.2 Å². The lowest BCUT2D eigenvalue weighted by Gasteiger charge is -2.20. The van der Waals surface area contributed by atoms with Gasteiger partial charge >= 0.3 is 0 Å². The van der Waals surface area contributed by atoms with Crippen molar-refractivity contribution in [2.45, 2.75) is 6.54 Å². The van der Waals surface area contributed by atoms with Crippen LogP contribution >= 0.6 is 39.1 Å². The van der Waals surface area contributed by atoms with E-state index in [9.17, 15) is 0 Å². The van der Waals surface area contributed by atoms with E-state index in [2.05, 4.69) is 21.2 Å². The first kappa shape index (κ1) is 15.5. The molecule has 0 aliphatic carbocycles. The van der Waals surface area contributed by atoms with Gasteiger partial charge < -0.3 is 10.2 Å². The Balaban J connectivity index is 2.23. The lowest BCUT2D eigenvalue weighted by molar-refractivity contribution is 1.10. The van der Waals surface area contributed by atoms with Gasteiger partial charge in [-0.15, -0.1) is 0 Å². The molecule has 2 rings (SSSR count). The fourth-order valence-electron chi connectivity index (χ4n) is 1.98. The minimum Gasteiger partial charge on any atom is -0.379 e. The first-order valence-electron chi connectivity index (χ1n) is 6.12. The molecule has 1 N–H and O–H groups in total. The Bertz CT molecular complexity index is 615. The van der Waals surface area contributed by atoms with Gasteiger partial charge in [0.25, 0.3) is 0 Å². The zero-order chi connectivity index (χ0) is 14.7. The highest BCUT2D eigenvalue weighted by Crippen LogP contribution is 2.33. The number of benzene rings is 2. The summed E-state index contributed by atoms with van der Waals surface area (Å²) >= 11 is 15.9.